The van der Waals surface area contributed by atoms with E-state index in [0.29, 0.717) is 12.2 Å². The Balaban J connectivity index is 2.19. The molecule has 0 amide bonds. The molecule has 1 aromatic heterocycles. The molecule has 0 fully saturated rings. The van der Waals surface area contributed by atoms with Crippen molar-refractivity contribution in [2.45, 2.75) is 39.3 Å². The van der Waals surface area contributed by atoms with Crippen molar-refractivity contribution < 1.29 is 9.50 Å². The molecular weight excluding hydrogens is 245 g/mol. The molecule has 4 nitrogen and oxygen atoms in total. The maximum Gasteiger partial charge on any atom is 0.123 e. The Hall–Kier alpha value is -1.75. The van der Waals surface area contributed by atoms with Gasteiger partial charge in [-0.25, -0.2) is 9.07 Å². The van der Waals surface area contributed by atoms with Gasteiger partial charge in [0.05, 0.1) is 18.8 Å². The Morgan fingerprint density at radius 1 is 1.26 bits per heavy atom. The minimum Gasteiger partial charge on any atom is -0.390 e. The van der Waals surface area contributed by atoms with Gasteiger partial charge in [0, 0.05) is 0 Å². The number of nitrogens with zero attached hydrogens (tertiary/aromatic N) is 3. The minimum absolute atomic E-state index is 0.0948. The highest BCUT2D eigenvalue weighted by molar-refractivity contribution is 5.18. The maximum absolute atomic E-state index is 12.9. The van der Waals surface area contributed by atoms with Gasteiger partial charge < -0.3 is 5.11 Å². The molecule has 0 spiro atoms. The Kier molecular flexibility index (Phi) is 4.63. The van der Waals surface area contributed by atoms with E-state index in [0.717, 1.165) is 30.5 Å². The van der Waals surface area contributed by atoms with Gasteiger partial charge in [-0.2, -0.15) is 0 Å². The monoisotopic (exact) mass is 263 g/mol. The lowest BCUT2D eigenvalue weighted by atomic mass is 10.1. The summed E-state index contributed by atoms with van der Waals surface area (Å²) in [4.78, 5) is 0. The predicted octanol–water partition coefficient (Wildman–Crippen LogP) is 2.30. The van der Waals surface area contributed by atoms with Gasteiger partial charge >= 0.3 is 0 Å². The molecule has 5 heteroatoms. The second kappa shape index (κ2) is 6.43. The Morgan fingerprint density at radius 3 is 2.63 bits per heavy atom. The molecule has 1 heterocycles. The average Bonchev–Trinajstić information content (AvgIpc) is 2.81. The summed E-state index contributed by atoms with van der Waals surface area (Å²) in [7, 11) is 0. The molecule has 0 saturated carbocycles. The van der Waals surface area contributed by atoms with Crippen molar-refractivity contribution in [2.75, 3.05) is 0 Å². The van der Waals surface area contributed by atoms with E-state index in [4.69, 9.17) is 0 Å². The molecule has 0 unspecified atom stereocenters. The van der Waals surface area contributed by atoms with Crippen LogP contribution >= 0.6 is 0 Å². The molecule has 0 saturated heterocycles. The van der Waals surface area contributed by atoms with Crippen LogP contribution in [0.1, 0.15) is 36.7 Å². The van der Waals surface area contributed by atoms with E-state index in [-0.39, 0.29) is 12.4 Å². The fraction of sp³-hybridized carbons (Fsp3) is 0.429. The van der Waals surface area contributed by atoms with Crippen molar-refractivity contribution in [3.8, 4) is 0 Å². The third-order valence-corrected chi connectivity index (χ3v) is 3.08. The topological polar surface area (TPSA) is 50.9 Å². The maximum atomic E-state index is 12.9. The minimum atomic E-state index is -0.246. The van der Waals surface area contributed by atoms with Crippen LogP contribution in [-0.4, -0.2) is 20.1 Å². The molecule has 0 aliphatic heterocycles. The number of benzene rings is 1. The van der Waals surface area contributed by atoms with Crippen LogP contribution in [0.3, 0.4) is 0 Å². The molecule has 19 heavy (non-hydrogen) atoms. The van der Waals surface area contributed by atoms with Gasteiger partial charge in [-0.1, -0.05) is 30.7 Å². The summed E-state index contributed by atoms with van der Waals surface area (Å²) >= 11 is 0. The van der Waals surface area contributed by atoms with Gasteiger partial charge in [-0.05, 0) is 30.5 Å². The van der Waals surface area contributed by atoms with Gasteiger partial charge in [0.15, 0.2) is 0 Å². The molecule has 0 aliphatic rings. The number of aliphatic hydroxyl groups is 1. The highest BCUT2D eigenvalue weighted by atomic mass is 19.1. The van der Waals surface area contributed by atoms with E-state index in [1.54, 1.807) is 16.8 Å². The van der Waals surface area contributed by atoms with E-state index < -0.39 is 0 Å². The highest BCUT2D eigenvalue weighted by Crippen LogP contribution is 2.12. The van der Waals surface area contributed by atoms with E-state index in [1.807, 2.05) is 0 Å². The lowest BCUT2D eigenvalue weighted by Crippen LogP contribution is -2.07. The van der Waals surface area contributed by atoms with Crippen LogP contribution in [0.2, 0.25) is 0 Å². The summed E-state index contributed by atoms with van der Waals surface area (Å²) in [5, 5.41) is 17.3. The number of hydrogen-bond donors (Lipinski definition) is 1. The highest BCUT2D eigenvalue weighted by Gasteiger charge is 2.11. The molecule has 1 N–H and O–H groups in total. The smallest absolute Gasteiger partial charge is 0.123 e. The molecule has 0 bridgehead atoms. The van der Waals surface area contributed by atoms with Crippen LogP contribution < -0.4 is 0 Å². The van der Waals surface area contributed by atoms with Crippen LogP contribution in [0.15, 0.2) is 24.3 Å². The van der Waals surface area contributed by atoms with Gasteiger partial charge in [0.25, 0.3) is 0 Å². The quantitative estimate of drug-likeness (QED) is 0.870. The molecule has 0 atom stereocenters. The van der Waals surface area contributed by atoms with E-state index in [9.17, 15) is 9.50 Å². The van der Waals surface area contributed by atoms with Crippen LogP contribution in [0.25, 0.3) is 0 Å². The number of hydrogen-bond acceptors (Lipinski definition) is 3. The van der Waals surface area contributed by atoms with Gasteiger partial charge in [-0.3, -0.25) is 0 Å². The third-order valence-electron chi connectivity index (χ3n) is 3.08. The lowest BCUT2D eigenvalue weighted by Gasteiger charge is -2.07. The Labute approximate surface area is 111 Å². The summed E-state index contributed by atoms with van der Waals surface area (Å²) < 4.78 is 14.6. The fourth-order valence-corrected chi connectivity index (χ4v) is 2.00. The van der Waals surface area contributed by atoms with Gasteiger partial charge in [0.2, 0.25) is 0 Å². The van der Waals surface area contributed by atoms with Crippen molar-refractivity contribution >= 4 is 0 Å². The zero-order chi connectivity index (χ0) is 13.7. The number of halogens is 1. The number of aromatic nitrogens is 3. The normalized spacial score (nSPS) is 10.9. The molecule has 0 radical (unpaired) electrons. The molecule has 1 aromatic carbocycles. The van der Waals surface area contributed by atoms with Crippen molar-refractivity contribution in [1.82, 2.24) is 15.0 Å². The lowest BCUT2D eigenvalue weighted by molar-refractivity contribution is 0.275. The third kappa shape index (κ3) is 3.38. The van der Waals surface area contributed by atoms with Gasteiger partial charge in [-0.15, -0.1) is 5.10 Å². The van der Waals surface area contributed by atoms with Crippen LogP contribution in [-0.2, 0) is 19.6 Å². The second-order valence-corrected chi connectivity index (χ2v) is 4.53. The molecule has 2 aromatic rings. The van der Waals surface area contributed by atoms with Crippen LogP contribution in [0.4, 0.5) is 4.39 Å². The average molecular weight is 263 g/mol. The standard InChI is InChI=1S/C14H18FN3O/c1-2-3-4-14-13(10-19)16-17-18(14)9-11-5-7-12(15)8-6-11/h5-8,19H,2-4,9-10H2,1H3. The zero-order valence-electron chi connectivity index (χ0n) is 11.0. The first kappa shape index (κ1) is 13.7. The van der Waals surface area contributed by atoms with Crippen LogP contribution in [0, 0.1) is 5.82 Å². The molecule has 0 aliphatic carbocycles. The first-order chi connectivity index (χ1) is 9.24. The Bertz CT molecular complexity index is 522. The SMILES string of the molecule is CCCCc1c(CO)nnn1Cc1ccc(F)cc1. The summed E-state index contributed by atoms with van der Waals surface area (Å²) in [6.45, 7) is 2.57. The van der Waals surface area contributed by atoms with Gasteiger partial charge in [0.1, 0.15) is 11.5 Å². The number of unbranched alkanes of at least 4 members (excludes halogenated alkanes) is 1. The molecular formula is C14H18FN3O. The Morgan fingerprint density at radius 2 is 2.00 bits per heavy atom. The van der Waals surface area contributed by atoms with Crippen molar-refractivity contribution in [1.29, 1.82) is 0 Å². The fourth-order valence-electron chi connectivity index (χ4n) is 2.00. The zero-order valence-corrected chi connectivity index (χ0v) is 11.0. The molecule has 102 valence electrons. The first-order valence-corrected chi connectivity index (χ1v) is 6.51. The summed E-state index contributed by atoms with van der Waals surface area (Å²) in [6.07, 6.45) is 2.96. The summed E-state index contributed by atoms with van der Waals surface area (Å²) in [5.41, 5.74) is 2.57. The van der Waals surface area contributed by atoms with E-state index in [1.165, 1.54) is 12.1 Å². The summed E-state index contributed by atoms with van der Waals surface area (Å²) in [5.74, 6) is -0.246. The predicted molar refractivity (Wildman–Crippen MR) is 70.1 cm³/mol. The second-order valence-electron chi connectivity index (χ2n) is 4.53. The van der Waals surface area contributed by atoms with Crippen molar-refractivity contribution in [2.24, 2.45) is 0 Å². The largest absolute Gasteiger partial charge is 0.390 e. The number of aliphatic hydroxyl groups excluding tert-OH is 1. The molecule has 2 rings (SSSR count). The van der Waals surface area contributed by atoms with Crippen molar-refractivity contribution in [3.63, 3.8) is 0 Å². The van der Waals surface area contributed by atoms with Crippen molar-refractivity contribution in [3.05, 3.63) is 47.0 Å². The first-order valence-electron chi connectivity index (χ1n) is 6.51. The van der Waals surface area contributed by atoms with E-state index >= 15 is 0 Å². The van der Waals surface area contributed by atoms with Crippen LogP contribution in [0.5, 0.6) is 0 Å². The number of rotatable bonds is 6. The summed E-state index contributed by atoms with van der Waals surface area (Å²) in [6, 6.07) is 6.34. The van der Waals surface area contributed by atoms with E-state index in [2.05, 4.69) is 17.2 Å².